The minimum atomic E-state index is -0.213. The fraction of sp³-hybridized carbons (Fsp3) is 0.240. The van der Waals surface area contributed by atoms with Crippen LogP contribution in [0.2, 0.25) is 0 Å². The van der Waals surface area contributed by atoms with E-state index in [0.717, 1.165) is 29.6 Å². The van der Waals surface area contributed by atoms with Crippen LogP contribution < -0.4 is 10.2 Å². The molecule has 158 valence electrons. The topological polar surface area (TPSA) is 65.5 Å². The third kappa shape index (κ3) is 5.28. The second kappa shape index (κ2) is 9.89. The van der Waals surface area contributed by atoms with Gasteiger partial charge in [-0.25, -0.2) is 0 Å². The summed E-state index contributed by atoms with van der Waals surface area (Å²) in [6.45, 7) is 3.38. The first-order chi connectivity index (χ1) is 15.2. The third-order valence-electron chi connectivity index (χ3n) is 5.47. The minimum absolute atomic E-state index is 0.0789. The highest BCUT2D eigenvalue weighted by Gasteiger charge is 2.20. The molecule has 3 aromatic rings. The van der Waals surface area contributed by atoms with E-state index in [2.05, 4.69) is 27.3 Å². The Labute approximate surface area is 182 Å². The number of hydrogen-bond donors (Lipinski definition) is 1. The van der Waals surface area contributed by atoms with E-state index < -0.39 is 0 Å². The molecule has 6 nitrogen and oxygen atoms in total. The zero-order valence-electron chi connectivity index (χ0n) is 17.4. The molecule has 4 rings (SSSR count). The molecule has 0 bridgehead atoms. The quantitative estimate of drug-likeness (QED) is 0.630. The largest absolute Gasteiger partial charge is 0.368 e. The van der Waals surface area contributed by atoms with Crippen molar-refractivity contribution >= 4 is 34.5 Å². The maximum Gasteiger partial charge on any atom is 0.244 e. The fourth-order valence-electron chi connectivity index (χ4n) is 3.79. The number of anilines is 1. The fourth-order valence-corrected chi connectivity index (χ4v) is 3.79. The number of carbonyl (C=O) groups excluding carboxylic acids is 2. The van der Waals surface area contributed by atoms with Gasteiger partial charge in [0, 0.05) is 68.1 Å². The van der Waals surface area contributed by atoms with Gasteiger partial charge in [0.05, 0.1) is 5.52 Å². The lowest BCUT2D eigenvalue weighted by molar-refractivity contribution is -0.131. The number of piperazine rings is 1. The second-order valence-corrected chi connectivity index (χ2v) is 7.50. The summed E-state index contributed by atoms with van der Waals surface area (Å²) in [5, 5.41) is 3.83. The van der Waals surface area contributed by atoms with Crippen LogP contribution in [0.25, 0.3) is 17.0 Å². The molecule has 6 heteroatoms. The Bertz CT molecular complexity index is 1070. The van der Waals surface area contributed by atoms with Crippen LogP contribution in [0.15, 0.2) is 72.9 Å². The molecule has 2 heterocycles. The lowest BCUT2D eigenvalue weighted by atomic mass is 10.1. The van der Waals surface area contributed by atoms with Crippen molar-refractivity contribution in [1.29, 1.82) is 0 Å². The van der Waals surface area contributed by atoms with Crippen LogP contribution in [0.3, 0.4) is 0 Å². The van der Waals surface area contributed by atoms with Gasteiger partial charge in [-0.15, -0.1) is 0 Å². The van der Waals surface area contributed by atoms with Crippen molar-refractivity contribution in [2.24, 2.45) is 0 Å². The molecule has 0 saturated carbocycles. The second-order valence-electron chi connectivity index (χ2n) is 7.50. The van der Waals surface area contributed by atoms with E-state index in [1.54, 1.807) is 12.3 Å². The summed E-state index contributed by atoms with van der Waals surface area (Å²) in [6.07, 6.45) is 5.30. The summed E-state index contributed by atoms with van der Waals surface area (Å²) in [4.78, 5) is 33.2. The maximum absolute atomic E-state index is 12.5. The van der Waals surface area contributed by atoms with Gasteiger partial charge in [-0.2, -0.15) is 0 Å². The molecule has 1 aliphatic rings. The summed E-state index contributed by atoms with van der Waals surface area (Å²) < 4.78 is 0. The van der Waals surface area contributed by atoms with Crippen molar-refractivity contribution in [3.8, 4) is 0 Å². The van der Waals surface area contributed by atoms with Gasteiger partial charge in [-0.05, 0) is 24.3 Å². The molecule has 1 fully saturated rings. The average Bonchev–Trinajstić information content (AvgIpc) is 2.83. The molecule has 0 atom stereocenters. The maximum atomic E-state index is 12.5. The minimum Gasteiger partial charge on any atom is -0.368 e. The van der Waals surface area contributed by atoms with E-state index in [1.807, 2.05) is 53.4 Å². The van der Waals surface area contributed by atoms with E-state index in [4.69, 9.17) is 0 Å². The number of hydrogen-bond acceptors (Lipinski definition) is 4. The molecule has 0 spiro atoms. The first-order valence-corrected chi connectivity index (χ1v) is 10.6. The molecule has 2 amide bonds. The molecule has 2 aromatic carbocycles. The number of carbonyl (C=O) groups is 2. The lowest BCUT2D eigenvalue weighted by Crippen LogP contribution is -2.49. The molecular formula is C25H26N4O2. The van der Waals surface area contributed by atoms with Crippen LogP contribution in [0.4, 0.5) is 5.69 Å². The van der Waals surface area contributed by atoms with Gasteiger partial charge in [0.2, 0.25) is 11.8 Å². The van der Waals surface area contributed by atoms with Crippen LogP contribution in [0.5, 0.6) is 0 Å². The Morgan fingerprint density at radius 2 is 1.71 bits per heavy atom. The highest BCUT2D eigenvalue weighted by molar-refractivity contribution is 5.95. The number of nitrogens with one attached hydrogen (secondary N) is 1. The van der Waals surface area contributed by atoms with Crippen molar-refractivity contribution in [1.82, 2.24) is 15.2 Å². The zero-order valence-corrected chi connectivity index (χ0v) is 17.4. The zero-order chi connectivity index (χ0) is 21.5. The SMILES string of the molecule is O=C(/C=C/c1cccc2cccnc12)NCCC(=O)N1CCN(c2ccccc2)CC1. The van der Waals surface area contributed by atoms with Gasteiger partial charge in [0.15, 0.2) is 0 Å². The number of aromatic nitrogens is 1. The Hall–Kier alpha value is -3.67. The molecule has 1 aromatic heterocycles. The third-order valence-corrected chi connectivity index (χ3v) is 5.47. The number of amides is 2. The van der Waals surface area contributed by atoms with Gasteiger partial charge >= 0.3 is 0 Å². The van der Waals surface area contributed by atoms with E-state index in [1.165, 1.54) is 11.8 Å². The van der Waals surface area contributed by atoms with Gasteiger partial charge in [0.1, 0.15) is 0 Å². The van der Waals surface area contributed by atoms with Crippen LogP contribution >= 0.6 is 0 Å². The van der Waals surface area contributed by atoms with Gasteiger partial charge < -0.3 is 15.1 Å². The van der Waals surface area contributed by atoms with Crippen molar-refractivity contribution in [2.45, 2.75) is 6.42 Å². The monoisotopic (exact) mass is 414 g/mol. The van der Waals surface area contributed by atoms with Crippen LogP contribution in [-0.2, 0) is 9.59 Å². The van der Waals surface area contributed by atoms with Crippen LogP contribution in [0.1, 0.15) is 12.0 Å². The Morgan fingerprint density at radius 3 is 2.52 bits per heavy atom. The summed E-state index contributed by atoms with van der Waals surface area (Å²) in [6, 6.07) is 20.0. The van der Waals surface area contributed by atoms with E-state index in [-0.39, 0.29) is 11.8 Å². The van der Waals surface area contributed by atoms with Crippen molar-refractivity contribution in [2.75, 3.05) is 37.6 Å². The lowest BCUT2D eigenvalue weighted by Gasteiger charge is -2.36. The summed E-state index contributed by atoms with van der Waals surface area (Å²) in [7, 11) is 0. The predicted octanol–water partition coefficient (Wildman–Crippen LogP) is 3.10. The van der Waals surface area contributed by atoms with E-state index >= 15 is 0 Å². The Kier molecular flexibility index (Phi) is 6.57. The van der Waals surface area contributed by atoms with E-state index in [9.17, 15) is 9.59 Å². The van der Waals surface area contributed by atoms with Gasteiger partial charge in [0.25, 0.3) is 0 Å². The number of rotatable bonds is 6. The Balaban J connectivity index is 1.22. The first-order valence-electron chi connectivity index (χ1n) is 10.6. The number of nitrogens with zero attached hydrogens (tertiary/aromatic N) is 3. The van der Waals surface area contributed by atoms with Gasteiger partial charge in [-0.1, -0.05) is 42.5 Å². The number of para-hydroxylation sites is 2. The van der Waals surface area contributed by atoms with Crippen molar-refractivity contribution < 1.29 is 9.59 Å². The highest BCUT2D eigenvalue weighted by atomic mass is 16.2. The van der Waals surface area contributed by atoms with Crippen molar-refractivity contribution in [3.63, 3.8) is 0 Å². The Morgan fingerprint density at radius 1 is 0.935 bits per heavy atom. The standard InChI is InChI=1S/C25H26N4O2/c30-23(12-11-21-7-4-6-20-8-5-14-27-25(20)21)26-15-13-24(31)29-18-16-28(17-19-29)22-9-2-1-3-10-22/h1-12,14H,13,15-19H2,(H,26,30)/b12-11+. The highest BCUT2D eigenvalue weighted by Crippen LogP contribution is 2.17. The summed E-state index contributed by atoms with van der Waals surface area (Å²) >= 11 is 0. The molecule has 0 radical (unpaired) electrons. The number of fused-ring (bicyclic) bond motifs is 1. The van der Waals surface area contributed by atoms with Gasteiger partial charge in [-0.3, -0.25) is 14.6 Å². The van der Waals surface area contributed by atoms with Crippen molar-refractivity contribution in [3.05, 3.63) is 78.5 Å². The first kappa shape index (κ1) is 20.6. The molecule has 31 heavy (non-hydrogen) atoms. The molecule has 0 aliphatic carbocycles. The molecule has 0 unspecified atom stereocenters. The molecule has 1 saturated heterocycles. The van der Waals surface area contributed by atoms with Crippen LogP contribution in [-0.4, -0.2) is 54.4 Å². The van der Waals surface area contributed by atoms with E-state index in [0.29, 0.717) is 26.1 Å². The molecular weight excluding hydrogens is 388 g/mol. The average molecular weight is 415 g/mol. The predicted molar refractivity (Wildman–Crippen MR) is 124 cm³/mol. The smallest absolute Gasteiger partial charge is 0.244 e. The van der Waals surface area contributed by atoms with Crippen LogP contribution in [0, 0.1) is 0 Å². The summed E-state index contributed by atoms with van der Waals surface area (Å²) in [5.74, 6) is -0.134. The number of pyridine rings is 1. The molecule has 1 aliphatic heterocycles. The molecule has 1 N–H and O–H groups in total. The summed E-state index contributed by atoms with van der Waals surface area (Å²) in [5.41, 5.74) is 2.94. The normalized spacial score (nSPS) is 14.2. The number of benzene rings is 2.